The highest BCUT2D eigenvalue weighted by Crippen LogP contribution is 2.41. The number of nitrogens with one attached hydrogen (secondary N) is 2. The average Bonchev–Trinajstić information content (AvgIpc) is 2.97. The van der Waals surface area contributed by atoms with Crippen LogP contribution in [-0.2, 0) is 28.6 Å². The maximum absolute atomic E-state index is 13.5. The molecule has 0 fully saturated rings. The molecule has 11 heteroatoms. The number of unbranched alkanes of at least 4 members (excludes halogenated alkanes) is 1. The zero-order valence-corrected chi connectivity index (χ0v) is 35.8. The molecule has 0 aliphatic rings. The van der Waals surface area contributed by atoms with Crippen molar-refractivity contribution in [3.63, 3.8) is 0 Å². The molecule has 0 saturated carbocycles. The molecule has 308 valence electrons. The van der Waals surface area contributed by atoms with Crippen LogP contribution in [0.5, 0.6) is 0 Å². The Labute approximate surface area is 317 Å². The van der Waals surface area contributed by atoms with Crippen molar-refractivity contribution in [1.29, 1.82) is 0 Å². The van der Waals surface area contributed by atoms with Crippen molar-refractivity contribution in [1.82, 2.24) is 10.6 Å². The predicted octanol–water partition coefficient (Wildman–Crippen LogP) is 6.48. The zero-order chi connectivity index (χ0) is 40.8. The molecule has 0 saturated heterocycles. The minimum absolute atomic E-state index is 0.103. The lowest BCUT2D eigenvalue weighted by Crippen LogP contribution is -2.45. The van der Waals surface area contributed by atoms with E-state index in [-0.39, 0.29) is 42.4 Å². The van der Waals surface area contributed by atoms with Gasteiger partial charge in [-0.2, -0.15) is 0 Å². The minimum atomic E-state index is -0.919. The molecule has 4 unspecified atom stereocenters. The number of ether oxygens (including phenoxy) is 3. The van der Waals surface area contributed by atoms with E-state index in [4.69, 9.17) is 14.2 Å². The molecule has 0 amide bonds. The SMILES string of the molecule is CNCC(O)CC(CCCC(C)(C)C(C)(C)OC(=O)CCCCC(C)(C)C(C)(C)OC(=O)C(CCC(C)(C)O)CC(CO)NC)C(=O)OC(C)(C)C. The molecule has 52 heavy (non-hydrogen) atoms. The number of carbonyl (C=O) groups is 3. The van der Waals surface area contributed by atoms with Gasteiger partial charge in [0.2, 0.25) is 0 Å². The summed E-state index contributed by atoms with van der Waals surface area (Å²) in [5.74, 6) is -1.81. The summed E-state index contributed by atoms with van der Waals surface area (Å²) in [4.78, 5) is 39.5. The van der Waals surface area contributed by atoms with Crippen LogP contribution in [0.2, 0.25) is 0 Å². The van der Waals surface area contributed by atoms with Crippen LogP contribution in [0.15, 0.2) is 0 Å². The Morgan fingerprint density at radius 2 is 1.15 bits per heavy atom. The van der Waals surface area contributed by atoms with Crippen molar-refractivity contribution in [3.05, 3.63) is 0 Å². The molecule has 11 nitrogen and oxygen atoms in total. The molecule has 4 atom stereocenters. The molecule has 0 aliphatic heterocycles. The second-order valence-corrected chi connectivity index (χ2v) is 18.9. The van der Waals surface area contributed by atoms with Gasteiger partial charge in [-0.05, 0) is 128 Å². The second-order valence-electron chi connectivity index (χ2n) is 18.9. The van der Waals surface area contributed by atoms with E-state index in [1.807, 2.05) is 48.5 Å². The van der Waals surface area contributed by atoms with Gasteiger partial charge in [0.1, 0.15) is 16.8 Å². The lowest BCUT2D eigenvalue weighted by molar-refractivity contribution is -0.175. The van der Waals surface area contributed by atoms with Crippen LogP contribution in [0.1, 0.15) is 161 Å². The van der Waals surface area contributed by atoms with Crippen LogP contribution < -0.4 is 10.6 Å². The fourth-order valence-corrected chi connectivity index (χ4v) is 6.03. The van der Waals surface area contributed by atoms with Gasteiger partial charge in [-0.1, -0.05) is 40.5 Å². The summed E-state index contributed by atoms with van der Waals surface area (Å²) in [5, 5.41) is 36.4. The number of hydrogen-bond acceptors (Lipinski definition) is 11. The Balaban J connectivity index is 5.23. The van der Waals surface area contributed by atoms with Gasteiger partial charge >= 0.3 is 17.9 Å². The number of aliphatic hydroxyl groups is 3. The first kappa shape index (κ1) is 50.2. The first-order chi connectivity index (χ1) is 23.5. The first-order valence-corrected chi connectivity index (χ1v) is 19.5. The molecule has 0 rings (SSSR count). The molecular weight excluding hydrogens is 664 g/mol. The molecule has 0 spiro atoms. The quantitative estimate of drug-likeness (QED) is 0.0374. The van der Waals surface area contributed by atoms with E-state index in [1.54, 1.807) is 27.9 Å². The number of aliphatic hydroxyl groups excluding tert-OH is 2. The third-order valence-electron chi connectivity index (χ3n) is 11.1. The maximum Gasteiger partial charge on any atom is 0.309 e. The van der Waals surface area contributed by atoms with Gasteiger partial charge in [-0.15, -0.1) is 0 Å². The third-order valence-corrected chi connectivity index (χ3v) is 11.1. The molecule has 0 aromatic carbocycles. The first-order valence-electron chi connectivity index (χ1n) is 19.5. The van der Waals surface area contributed by atoms with Crippen molar-refractivity contribution in [3.8, 4) is 0 Å². The Morgan fingerprint density at radius 1 is 0.654 bits per heavy atom. The largest absolute Gasteiger partial charge is 0.460 e. The van der Waals surface area contributed by atoms with Crippen molar-refractivity contribution in [2.45, 2.75) is 195 Å². The van der Waals surface area contributed by atoms with E-state index in [0.717, 1.165) is 12.8 Å². The van der Waals surface area contributed by atoms with Gasteiger partial charge < -0.3 is 40.2 Å². The highest BCUT2D eigenvalue weighted by Gasteiger charge is 2.43. The number of carbonyl (C=O) groups excluding carboxylic acids is 3. The van der Waals surface area contributed by atoms with E-state index in [0.29, 0.717) is 57.9 Å². The predicted molar refractivity (Wildman–Crippen MR) is 208 cm³/mol. The summed E-state index contributed by atoms with van der Waals surface area (Å²) in [6.45, 7) is 25.2. The molecule has 0 aliphatic carbocycles. The van der Waals surface area contributed by atoms with Crippen LogP contribution in [-0.4, -0.2) is 95.0 Å². The normalized spacial score (nSPS) is 15.8. The van der Waals surface area contributed by atoms with Gasteiger partial charge in [0.15, 0.2) is 0 Å². The minimum Gasteiger partial charge on any atom is -0.460 e. The molecular formula is C41H80N2O9. The summed E-state index contributed by atoms with van der Waals surface area (Å²) >= 11 is 0. The van der Waals surface area contributed by atoms with Crippen LogP contribution in [0.3, 0.4) is 0 Å². The van der Waals surface area contributed by atoms with Gasteiger partial charge in [-0.25, -0.2) is 0 Å². The van der Waals surface area contributed by atoms with Crippen molar-refractivity contribution in [2.75, 3.05) is 27.2 Å². The van der Waals surface area contributed by atoms with Gasteiger partial charge in [0.25, 0.3) is 0 Å². The summed E-state index contributed by atoms with van der Waals surface area (Å²) in [6.07, 6.45) is 5.28. The van der Waals surface area contributed by atoms with Gasteiger partial charge in [0.05, 0.1) is 30.1 Å². The number of hydrogen-bond donors (Lipinski definition) is 5. The topological polar surface area (TPSA) is 164 Å². The van der Waals surface area contributed by atoms with Gasteiger partial charge in [0, 0.05) is 29.8 Å². The average molecular weight is 745 g/mol. The summed E-state index contributed by atoms with van der Waals surface area (Å²) in [7, 11) is 3.51. The summed E-state index contributed by atoms with van der Waals surface area (Å²) in [6, 6.07) is -0.254. The smallest absolute Gasteiger partial charge is 0.309 e. The molecule has 0 heterocycles. The van der Waals surface area contributed by atoms with Crippen LogP contribution in [0.25, 0.3) is 0 Å². The third kappa shape index (κ3) is 19.0. The van der Waals surface area contributed by atoms with E-state index in [2.05, 4.69) is 38.3 Å². The summed E-state index contributed by atoms with van der Waals surface area (Å²) in [5.41, 5.74) is -3.86. The van der Waals surface area contributed by atoms with E-state index < -0.39 is 45.8 Å². The Kier molecular flexibility index (Phi) is 20.6. The van der Waals surface area contributed by atoms with Crippen molar-refractivity contribution in [2.24, 2.45) is 22.7 Å². The van der Waals surface area contributed by atoms with Crippen LogP contribution in [0.4, 0.5) is 0 Å². The summed E-state index contributed by atoms with van der Waals surface area (Å²) < 4.78 is 17.9. The fourth-order valence-electron chi connectivity index (χ4n) is 6.03. The number of esters is 3. The van der Waals surface area contributed by atoms with Crippen molar-refractivity contribution >= 4 is 17.9 Å². The molecule has 0 aromatic heterocycles. The molecule has 0 bridgehead atoms. The lowest BCUT2D eigenvalue weighted by atomic mass is 9.72. The van der Waals surface area contributed by atoms with E-state index >= 15 is 0 Å². The second kappa shape index (κ2) is 21.3. The lowest BCUT2D eigenvalue weighted by Gasteiger charge is -2.42. The Morgan fingerprint density at radius 3 is 1.63 bits per heavy atom. The Bertz CT molecular complexity index is 1070. The number of rotatable bonds is 26. The number of likely N-dealkylation sites (N-methyl/N-ethyl adjacent to an activating group) is 2. The van der Waals surface area contributed by atoms with E-state index in [1.165, 1.54) is 0 Å². The maximum atomic E-state index is 13.5. The van der Waals surface area contributed by atoms with Crippen LogP contribution >= 0.6 is 0 Å². The highest BCUT2D eigenvalue weighted by atomic mass is 16.6. The van der Waals surface area contributed by atoms with Crippen LogP contribution in [0, 0.1) is 22.7 Å². The Hall–Kier alpha value is -1.79. The highest BCUT2D eigenvalue weighted by molar-refractivity contribution is 5.73. The standard InChI is InChI=1S/C41H80N2O9/c1-36(2,3)51-34(47)29(26-32(45)27-42-14)19-18-23-38(6,7)40(10,11)50-33(46)20-16-17-22-37(4,5)41(12,13)52-35(48)30(21-24-39(8,9)49)25-31(28-44)43-15/h29-32,42-45,49H,16-28H2,1-15H3. The molecule has 0 radical (unpaired) electrons. The van der Waals surface area contributed by atoms with Crippen molar-refractivity contribution < 1.29 is 43.9 Å². The van der Waals surface area contributed by atoms with E-state index in [9.17, 15) is 29.7 Å². The zero-order valence-electron chi connectivity index (χ0n) is 35.8. The van der Waals surface area contributed by atoms with Gasteiger partial charge in [-0.3, -0.25) is 14.4 Å². The molecule has 5 N–H and O–H groups in total. The monoisotopic (exact) mass is 745 g/mol. The molecule has 0 aromatic rings. The fraction of sp³-hybridized carbons (Fsp3) is 0.927.